The number of anilines is 1. The van der Waals surface area contributed by atoms with E-state index in [1.165, 1.54) is 12.1 Å². The summed E-state index contributed by atoms with van der Waals surface area (Å²) in [6.45, 7) is 4.64. The van der Waals surface area contributed by atoms with Crippen LogP contribution in [0.5, 0.6) is 0 Å². The van der Waals surface area contributed by atoms with E-state index in [-0.39, 0.29) is 11.7 Å². The lowest BCUT2D eigenvalue weighted by Gasteiger charge is -2.34. The zero-order valence-corrected chi connectivity index (χ0v) is 14.7. The molecule has 3 rings (SSSR count). The molecule has 1 aliphatic heterocycles. The van der Waals surface area contributed by atoms with Crippen LogP contribution in [-0.2, 0) is 11.3 Å². The van der Waals surface area contributed by atoms with E-state index in [1.54, 1.807) is 12.1 Å². The van der Waals surface area contributed by atoms with Gasteiger partial charge >= 0.3 is 0 Å². The minimum Gasteiger partial charge on any atom is -0.325 e. The van der Waals surface area contributed by atoms with Gasteiger partial charge in [0.15, 0.2) is 0 Å². The highest BCUT2D eigenvalue weighted by atomic mass is 35.5. The second-order valence-corrected chi connectivity index (χ2v) is 6.61. The summed E-state index contributed by atoms with van der Waals surface area (Å²) < 4.78 is 12.9. The van der Waals surface area contributed by atoms with Crippen LogP contribution < -0.4 is 5.32 Å². The van der Waals surface area contributed by atoms with E-state index >= 15 is 0 Å². The van der Waals surface area contributed by atoms with Gasteiger partial charge in [0.25, 0.3) is 0 Å². The third-order valence-corrected chi connectivity index (χ3v) is 4.68. The molecule has 1 heterocycles. The van der Waals surface area contributed by atoms with Crippen LogP contribution in [-0.4, -0.2) is 48.4 Å². The number of carbonyl (C=O) groups is 1. The summed E-state index contributed by atoms with van der Waals surface area (Å²) >= 11 is 6.21. The molecule has 0 spiro atoms. The molecule has 4 nitrogen and oxygen atoms in total. The van der Waals surface area contributed by atoms with Crippen molar-refractivity contribution in [3.63, 3.8) is 0 Å². The monoisotopic (exact) mass is 361 g/mol. The van der Waals surface area contributed by atoms with E-state index in [2.05, 4.69) is 15.1 Å². The molecule has 0 unspecified atom stereocenters. The van der Waals surface area contributed by atoms with E-state index in [9.17, 15) is 9.18 Å². The van der Waals surface area contributed by atoms with Crippen LogP contribution in [0.15, 0.2) is 48.5 Å². The molecule has 0 radical (unpaired) electrons. The lowest BCUT2D eigenvalue weighted by Crippen LogP contribution is -2.48. The molecule has 1 fully saturated rings. The molecule has 0 aliphatic carbocycles. The number of nitrogens with zero attached hydrogens (tertiary/aromatic N) is 2. The van der Waals surface area contributed by atoms with Gasteiger partial charge in [-0.2, -0.15) is 0 Å². The normalized spacial score (nSPS) is 15.9. The fraction of sp³-hybridized carbons (Fsp3) is 0.316. The molecule has 25 heavy (non-hydrogen) atoms. The van der Waals surface area contributed by atoms with Crippen LogP contribution in [0.25, 0.3) is 0 Å². The third-order valence-electron chi connectivity index (χ3n) is 4.31. The summed E-state index contributed by atoms with van der Waals surface area (Å²) in [6, 6.07) is 13.7. The molecule has 2 aromatic carbocycles. The Morgan fingerprint density at radius 2 is 1.64 bits per heavy atom. The minimum atomic E-state index is -0.312. The molecular weight excluding hydrogens is 341 g/mol. The summed E-state index contributed by atoms with van der Waals surface area (Å²) in [5.74, 6) is -0.390. The van der Waals surface area contributed by atoms with Crippen LogP contribution >= 0.6 is 11.6 Å². The number of carbonyl (C=O) groups excluding carboxylic acids is 1. The number of hydrogen-bond acceptors (Lipinski definition) is 3. The van der Waals surface area contributed by atoms with Gasteiger partial charge in [0.1, 0.15) is 5.82 Å². The van der Waals surface area contributed by atoms with Gasteiger partial charge in [-0.05, 0) is 35.9 Å². The largest absolute Gasteiger partial charge is 0.325 e. The number of piperazine rings is 1. The Morgan fingerprint density at radius 1 is 1.00 bits per heavy atom. The highest BCUT2D eigenvalue weighted by Gasteiger charge is 2.19. The first-order valence-corrected chi connectivity index (χ1v) is 8.71. The number of halogens is 2. The molecule has 0 aromatic heterocycles. The third kappa shape index (κ3) is 5.26. The van der Waals surface area contributed by atoms with Crippen molar-refractivity contribution < 1.29 is 9.18 Å². The van der Waals surface area contributed by atoms with Crippen molar-refractivity contribution in [2.45, 2.75) is 6.54 Å². The summed E-state index contributed by atoms with van der Waals surface area (Å²) in [5, 5.41) is 3.59. The number of amides is 1. The van der Waals surface area contributed by atoms with Crippen LogP contribution in [0.2, 0.25) is 5.02 Å². The van der Waals surface area contributed by atoms with Crippen molar-refractivity contribution in [2.24, 2.45) is 0 Å². The molecule has 2 aromatic rings. The van der Waals surface area contributed by atoms with Crippen molar-refractivity contribution in [1.29, 1.82) is 0 Å². The Kier molecular flexibility index (Phi) is 6.02. The van der Waals surface area contributed by atoms with E-state index in [4.69, 9.17) is 11.6 Å². The van der Waals surface area contributed by atoms with Crippen LogP contribution in [0.4, 0.5) is 10.1 Å². The van der Waals surface area contributed by atoms with Gasteiger partial charge < -0.3 is 5.32 Å². The molecule has 1 N–H and O–H groups in total. The molecule has 1 saturated heterocycles. The van der Waals surface area contributed by atoms with Crippen LogP contribution in [0.3, 0.4) is 0 Å². The molecule has 0 bridgehead atoms. The number of benzene rings is 2. The predicted molar refractivity (Wildman–Crippen MR) is 98.2 cm³/mol. The highest BCUT2D eigenvalue weighted by molar-refractivity contribution is 6.31. The smallest absolute Gasteiger partial charge is 0.238 e. The minimum absolute atomic E-state index is 0.0776. The SMILES string of the molecule is O=C(CN1CCN(Cc2ccccc2Cl)CC1)Nc1ccc(F)cc1. The van der Waals surface area contributed by atoms with Gasteiger partial charge in [-0.25, -0.2) is 4.39 Å². The van der Waals surface area contributed by atoms with Gasteiger partial charge in [-0.3, -0.25) is 14.6 Å². The fourth-order valence-corrected chi connectivity index (χ4v) is 3.11. The molecule has 1 aliphatic rings. The zero-order chi connectivity index (χ0) is 17.6. The first-order chi connectivity index (χ1) is 12.1. The maximum Gasteiger partial charge on any atom is 0.238 e. The molecule has 0 atom stereocenters. The van der Waals surface area contributed by atoms with Crippen molar-refractivity contribution in [3.05, 3.63) is 64.9 Å². The Morgan fingerprint density at radius 3 is 2.32 bits per heavy atom. The highest BCUT2D eigenvalue weighted by Crippen LogP contribution is 2.18. The maximum absolute atomic E-state index is 12.9. The molecule has 1 amide bonds. The lowest BCUT2D eigenvalue weighted by molar-refractivity contribution is -0.117. The summed E-state index contributed by atoms with van der Waals surface area (Å²) in [4.78, 5) is 16.6. The van der Waals surface area contributed by atoms with E-state index in [0.29, 0.717) is 12.2 Å². The van der Waals surface area contributed by atoms with Gasteiger partial charge in [0.05, 0.1) is 6.54 Å². The Hall–Kier alpha value is -1.95. The maximum atomic E-state index is 12.9. The van der Waals surface area contributed by atoms with Crippen LogP contribution in [0.1, 0.15) is 5.56 Å². The fourth-order valence-electron chi connectivity index (χ4n) is 2.91. The standard InChI is InChI=1S/C19H21ClFN3O/c20-18-4-2-1-3-15(18)13-23-9-11-24(12-10-23)14-19(25)22-17-7-5-16(21)6-8-17/h1-8H,9-14H2,(H,22,25). The van der Waals surface area contributed by atoms with Crippen molar-refractivity contribution in [2.75, 3.05) is 38.0 Å². The second kappa shape index (κ2) is 8.43. The van der Waals surface area contributed by atoms with Gasteiger partial charge in [-0.1, -0.05) is 29.8 Å². The molecule has 0 saturated carbocycles. The van der Waals surface area contributed by atoms with Crippen molar-refractivity contribution in [3.8, 4) is 0 Å². The van der Waals surface area contributed by atoms with E-state index in [1.807, 2.05) is 24.3 Å². The van der Waals surface area contributed by atoms with E-state index < -0.39 is 0 Å². The Balaban J connectivity index is 1.43. The Labute approximate surface area is 152 Å². The molecule has 6 heteroatoms. The average Bonchev–Trinajstić information content (AvgIpc) is 2.61. The van der Waals surface area contributed by atoms with Crippen molar-refractivity contribution >= 4 is 23.2 Å². The Bertz CT molecular complexity index is 715. The number of hydrogen-bond donors (Lipinski definition) is 1. The average molecular weight is 362 g/mol. The number of nitrogens with one attached hydrogen (secondary N) is 1. The second-order valence-electron chi connectivity index (χ2n) is 6.20. The predicted octanol–water partition coefficient (Wildman–Crippen LogP) is 3.24. The summed E-state index contributed by atoms with van der Waals surface area (Å²) in [5.41, 5.74) is 1.75. The van der Waals surface area contributed by atoms with E-state index in [0.717, 1.165) is 43.3 Å². The summed E-state index contributed by atoms with van der Waals surface area (Å²) in [6.07, 6.45) is 0. The topological polar surface area (TPSA) is 35.6 Å². The van der Waals surface area contributed by atoms with Gasteiger partial charge in [-0.15, -0.1) is 0 Å². The van der Waals surface area contributed by atoms with Gasteiger partial charge in [0.2, 0.25) is 5.91 Å². The lowest BCUT2D eigenvalue weighted by atomic mass is 10.2. The quantitative estimate of drug-likeness (QED) is 0.888. The molecule has 132 valence electrons. The van der Waals surface area contributed by atoms with Crippen LogP contribution in [0, 0.1) is 5.82 Å². The number of rotatable bonds is 5. The first kappa shape index (κ1) is 17.9. The first-order valence-electron chi connectivity index (χ1n) is 8.34. The zero-order valence-electron chi connectivity index (χ0n) is 13.9. The van der Waals surface area contributed by atoms with Gasteiger partial charge in [0, 0.05) is 43.4 Å². The van der Waals surface area contributed by atoms with Crippen molar-refractivity contribution in [1.82, 2.24) is 9.80 Å². The molecular formula is C19H21ClFN3O. The summed E-state index contributed by atoms with van der Waals surface area (Å²) in [7, 11) is 0.